The summed E-state index contributed by atoms with van der Waals surface area (Å²) in [5.74, 6) is 0.968. The molecule has 0 saturated carbocycles. The van der Waals surface area contributed by atoms with Crippen molar-refractivity contribution < 1.29 is 4.79 Å². The van der Waals surface area contributed by atoms with E-state index in [1.807, 2.05) is 54.0 Å². The Bertz CT molecular complexity index is 1320. The smallest absolute Gasteiger partial charge is 0.234 e. The van der Waals surface area contributed by atoms with E-state index >= 15 is 0 Å². The van der Waals surface area contributed by atoms with Gasteiger partial charge in [-0.25, -0.2) is 0 Å². The van der Waals surface area contributed by atoms with Crippen molar-refractivity contribution >= 4 is 29.0 Å². The number of rotatable bonds is 9. The van der Waals surface area contributed by atoms with Gasteiger partial charge in [0.2, 0.25) is 5.91 Å². The molecule has 4 rings (SSSR count). The second-order valence-electron chi connectivity index (χ2n) is 8.54. The lowest BCUT2D eigenvalue weighted by atomic mass is 10.1. The molecule has 0 atom stereocenters. The molecule has 4 aromatic rings. The number of benzene rings is 3. The van der Waals surface area contributed by atoms with Gasteiger partial charge in [0.15, 0.2) is 11.0 Å². The lowest BCUT2D eigenvalue weighted by Crippen LogP contribution is -2.17. The van der Waals surface area contributed by atoms with Crippen molar-refractivity contribution in [2.24, 2.45) is 0 Å². The second-order valence-corrected chi connectivity index (χ2v) is 9.48. The van der Waals surface area contributed by atoms with Crippen LogP contribution in [0.15, 0.2) is 71.9 Å². The molecule has 1 aromatic heterocycles. The van der Waals surface area contributed by atoms with Gasteiger partial charge in [-0.3, -0.25) is 9.36 Å². The molecule has 35 heavy (non-hydrogen) atoms. The molecule has 3 aromatic carbocycles. The van der Waals surface area contributed by atoms with Crippen LogP contribution >= 0.6 is 11.8 Å². The van der Waals surface area contributed by atoms with Crippen LogP contribution in [0.3, 0.4) is 0 Å². The van der Waals surface area contributed by atoms with Gasteiger partial charge in [-0.15, -0.1) is 10.2 Å². The van der Waals surface area contributed by atoms with E-state index in [0.29, 0.717) is 11.7 Å². The predicted molar refractivity (Wildman–Crippen MR) is 145 cm³/mol. The minimum Gasteiger partial charge on any atom is -0.378 e. The maximum Gasteiger partial charge on any atom is 0.234 e. The third-order valence-electron chi connectivity index (χ3n) is 5.87. The number of thioether (sulfide) groups is 1. The van der Waals surface area contributed by atoms with Gasteiger partial charge in [-0.05, 0) is 62.1 Å². The lowest BCUT2D eigenvalue weighted by Gasteiger charge is -2.14. The van der Waals surface area contributed by atoms with Crippen LogP contribution in [0.25, 0.3) is 5.69 Å². The lowest BCUT2D eigenvalue weighted by molar-refractivity contribution is -0.113. The average Bonchev–Trinajstić information content (AvgIpc) is 3.26. The molecule has 0 saturated heterocycles. The quantitative estimate of drug-likeness (QED) is 0.280. The number of hydrogen-bond donors (Lipinski definition) is 2. The first-order valence-corrected chi connectivity index (χ1v) is 12.8. The first kappa shape index (κ1) is 24.5. The van der Waals surface area contributed by atoms with Crippen molar-refractivity contribution in [1.82, 2.24) is 14.8 Å². The number of carbonyl (C=O) groups excluding carboxylic acids is 1. The molecule has 0 bridgehead atoms. The summed E-state index contributed by atoms with van der Waals surface area (Å²) in [7, 11) is 0. The third kappa shape index (κ3) is 5.92. The Morgan fingerprint density at radius 3 is 2.49 bits per heavy atom. The fourth-order valence-corrected chi connectivity index (χ4v) is 4.81. The summed E-state index contributed by atoms with van der Waals surface area (Å²) in [4.78, 5) is 12.8. The summed E-state index contributed by atoms with van der Waals surface area (Å²) >= 11 is 1.39. The summed E-state index contributed by atoms with van der Waals surface area (Å²) in [6.07, 6.45) is 0.865. The summed E-state index contributed by atoms with van der Waals surface area (Å²) in [5, 5.41) is 16.1. The van der Waals surface area contributed by atoms with E-state index in [0.717, 1.165) is 40.4 Å². The van der Waals surface area contributed by atoms with E-state index in [4.69, 9.17) is 0 Å². The Morgan fingerprint density at radius 2 is 1.74 bits per heavy atom. The Balaban J connectivity index is 1.52. The summed E-state index contributed by atoms with van der Waals surface area (Å²) < 4.78 is 2.01. The normalized spacial score (nSPS) is 10.9. The van der Waals surface area contributed by atoms with Gasteiger partial charge in [0.05, 0.1) is 12.3 Å². The minimum atomic E-state index is -0.0587. The van der Waals surface area contributed by atoms with Crippen molar-refractivity contribution in [3.8, 4) is 5.69 Å². The van der Waals surface area contributed by atoms with Crippen molar-refractivity contribution in [3.63, 3.8) is 0 Å². The van der Waals surface area contributed by atoms with Crippen molar-refractivity contribution in [3.05, 3.63) is 94.8 Å². The van der Waals surface area contributed by atoms with Crippen LogP contribution in [-0.4, -0.2) is 26.4 Å². The Kier molecular flexibility index (Phi) is 7.87. The standard InChI is InChI=1S/C28H31N5OS/c1-5-22-11-9-10-20(3)27(22)30-26(34)18-35-28-32-31-25(33(28)23-12-7-6-8-13-23)17-29-24-15-14-19(2)16-21(24)4/h6-16,29H,5,17-18H2,1-4H3,(H,30,34). The number of hydrogen-bond acceptors (Lipinski definition) is 5. The number of aryl methyl sites for hydroxylation is 4. The van der Waals surface area contributed by atoms with E-state index in [1.165, 1.54) is 22.9 Å². The highest BCUT2D eigenvalue weighted by Gasteiger charge is 2.17. The van der Waals surface area contributed by atoms with Crippen LogP contribution < -0.4 is 10.6 Å². The maximum atomic E-state index is 12.8. The highest BCUT2D eigenvalue weighted by molar-refractivity contribution is 7.99. The number of carbonyl (C=O) groups is 1. The van der Waals surface area contributed by atoms with E-state index < -0.39 is 0 Å². The molecule has 0 aliphatic carbocycles. The van der Waals surface area contributed by atoms with Crippen LogP contribution in [-0.2, 0) is 17.8 Å². The van der Waals surface area contributed by atoms with E-state index in [1.54, 1.807) is 0 Å². The van der Waals surface area contributed by atoms with Crippen molar-refractivity contribution in [2.75, 3.05) is 16.4 Å². The summed E-state index contributed by atoms with van der Waals surface area (Å²) in [6.45, 7) is 8.81. The van der Waals surface area contributed by atoms with Crippen LogP contribution in [0.5, 0.6) is 0 Å². The largest absolute Gasteiger partial charge is 0.378 e. The SMILES string of the molecule is CCc1cccc(C)c1NC(=O)CSc1nnc(CNc2ccc(C)cc2C)n1-c1ccccc1. The second kappa shape index (κ2) is 11.2. The first-order chi connectivity index (χ1) is 17.0. The van der Waals surface area contributed by atoms with Crippen LogP contribution in [0, 0.1) is 20.8 Å². The number of aromatic nitrogens is 3. The van der Waals surface area contributed by atoms with Crippen LogP contribution in [0.1, 0.15) is 35.0 Å². The molecule has 0 spiro atoms. The molecule has 7 heteroatoms. The fraction of sp³-hybridized carbons (Fsp3) is 0.250. The molecule has 0 unspecified atom stereocenters. The number of anilines is 2. The monoisotopic (exact) mass is 485 g/mol. The van der Waals surface area contributed by atoms with Gasteiger partial charge >= 0.3 is 0 Å². The summed E-state index contributed by atoms with van der Waals surface area (Å²) in [5.41, 5.74) is 7.55. The molecular weight excluding hydrogens is 454 g/mol. The summed E-state index contributed by atoms with van der Waals surface area (Å²) in [6, 6.07) is 22.4. The Morgan fingerprint density at radius 1 is 0.943 bits per heavy atom. The molecular formula is C28H31N5OS. The van der Waals surface area contributed by atoms with Gasteiger partial charge in [0.1, 0.15) is 0 Å². The van der Waals surface area contributed by atoms with Gasteiger partial charge in [0, 0.05) is 17.1 Å². The molecule has 0 aliphatic heterocycles. The van der Waals surface area contributed by atoms with E-state index in [-0.39, 0.29) is 11.7 Å². The Hall–Kier alpha value is -3.58. The zero-order valence-electron chi connectivity index (χ0n) is 20.6. The molecule has 1 heterocycles. The molecule has 180 valence electrons. The number of amides is 1. The van der Waals surface area contributed by atoms with Gasteiger partial charge in [0.25, 0.3) is 0 Å². The molecule has 0 radical (unpaired) electrons. The van der Waals surface area contributed by atoms with Crippen LogP contribution in [0.2, 0.25) is 0 Å². The average molecular weight is 486 g/mol. The Labute approximate surface area is 211 Å². The highest BCUT2D eigenvalue weighted by Crippen LogP contribution is 2.25. The number of para-hydroxylation sites is 2. The predicted octanol–water partition coefficient (Wildman–Crippen LogP) is 6.10. The molecule has 1 amide bonds. The van der Waals surface area contributed by atoms with Gasteiger partial charge in [-0.1, -0.05) is 72.8 Å². The minimum absolute atomic E-state index is 0.0587. The maximum absolute atomic E-state index is 12.8. The van der Waals surface area contributed by atoms with Crippen molar-refractivity contribution in [2.45, 2.75) is 45.8 Å². The fourth-order valence-electron chi connectivity index (χ4n) is 4.04. The van der Waals surface area contributed by atoms with Gasteiger partial charge < -0.3 is 10.6 Å². The zero-order chi connectivity index (χ0) is 24.8. The molecule has 0 aliphatic rings. The molecule has 2 N–H and O–H groups in total. The van der Waals surface area contributed by atoms with E-state index in [9.17, 15) is 4.79 Å². The van der Waals surface area contributed by atoms with E-state index in [2.05, 4.69) is 65.9 Å². The van der Waals surface area contributed by atoms with Crippen LogP contribution in [0.4, 0.5) is 11.4 Å². The highest BCUT2D eigenvalue weighted by atomic mass is 32.2. The van der Waals surface area contributed by atoms with Gasteiger partial charge in [-0.2, -0.15) is 0 Å². The molecule has 6 nitrogen and oxygen atoms in total. The molecule has 0 fully saturated rings. The third-order valence-corrected chi connectivity index (χ3v) is 6.80. The van der Waals surface area contributed by atoms with Crippen molar-refractivity contribution in [1.29, 1.82) is 0 Å². The number of nitrogens with one attached hydrogen (secondary N) is 2. The topological polar surface area (TPSA) is 71.8 Å². The first-order valence-electron chi connectivity index (χ1n) is 11.8. The zero-order valence-corrected chi connectivity index (χ0v) is 21.4. The number of nitrogens with zero attached hydrogens (tertiary/aromatic N) is 3.